The number of hydrogen-bond donors (Lipinski definition) is 1. The van der Waals surface area contributed by atoms with E-state index in [2.05, 4.69) is 9.97 Å². The van der Waals surface area contributed by atoms with Crippen LogP contribution in [0.25, 0.3) is 11.4 Å². The number of H-pyrrole nitrogens is 1. The molecular formula is C10H5ClFIN2O. The van der Waals surface area contributed by atoms with Gasteiger partial charge in [-0.3, -0.25) is 4.79 Å². The van der Waals surface area contributed by atoms with E-state index in [9.17, 15) is 9.18 Å². The van der Waals surface area contributed by atoms with Crippen LogP contribution in [-0.2, 0) is 0 Å². The summed E-state index contributed by atoms with van der Waals surface area (Å²) < 4.78 is 13.6. The largest absolute Gasteiger partial charge is 0.306 e. The van der Waals surface area contributed by atoms with Crippen LogP contribution in [0, 0.1) is 9.39 Å². The van der Waals surface area contributed by atoms with E-state index in [0.717, 1.165) is 0 Å². The van der Waals surface area contributed by atoms with E-state index in [1.54, 1.807) is 0 Å². The van der Waals surface area contributed by atoms with Gasteiger partial charge in [0.25, 0.3) is 5.56 Å². The van der Waals surface area contributed by atoms with E-state index in [1.807, 2.05) is 22.6 Å². The van der Waals surface area contributed by atoms with Gasteiger partial charge in [-0.2, -0.15) is 0 Å². The van der Waals surface area contributed by atoms with Gasteiger partial charge in [0, 0.05) is 16.8 Å². The molecule has 0 atom stereocenters. The van der Waals surface area contributed by atoms with Gasteiger partial charge in [0.05, 0.1) is 3.57 Å². The number of nitrogens with zero attached hydrogens (tertiary/aromatic N) is 1. The number of aromatic nitrogens is 2. The molecule has 0 aliphatic heterocycles. The summed E-state index contributed by atoms with van der Waals surface area (Å²) >= 11 is 7.58. The Bertz CT molecular complexity index is 579. The monoisotopic (exact) mass is 350 g/mol. The van der Waals surface area contributed by atoms with E-state index >= 15 is 0 Å². The second-order valence-corrected chi connectivity index (χ2v) is 4.67. The van der Waals surface area contributed by atoms with Crippen LogP contribution in [0.3, 0.4) is 0 Å². The number of halogens is 3. The Kier molecular flexibility index (Phi) is 3.25. The Morgan fingerprint density at radius 2 is 2.12 bits per heavy atom. The lowest BCUT2D eigenvalue weighted by molar-refractivity contribution is 0.628. The van der Waals surface area contributed by atoms with Crippen LogP contribution in [0.5, 0.6) is 0 Å². The first-order valence-electron chi connectivity index (χ1n) is 4.27. The maximum Gasteiger partial charge on any atom is 0.264 e. The van der Waals surface area contributed by atoms with Crippen LogP contribution in [0.2, 0.25) is 5.02 Å². The average molecular weight is 351 g/mol. The topological polar surface area (TPSA) is 45.8 Å². The molecule has 1 heterocycles. The van der Waals surface area contributed by atoms with Crippen molar-refractivity contribution in [3.05, 3.63) is 49.2 Å². The van der Waals surface area contributed by atoms with Crippen molar-refractivity contribution in [2.45, 2.75) is 0 Å². The van der Waals surface area contributed by atoms with Gasteiger partial charge in [0.2, 0.25) is 0 Å². The Labute approximate surface area is 109 Å². The second kappa shape index (κ2) is 4.50. The minimum atomic E-state index is -0.469. The molecule has 0 bridgehead atoms. The highest BCUT2D eigenvalue weighted by molar-refractivity contribution is 14.1. The van der Waals surface area contributed by atoms with E-state index in [0.29, 0.717) is 15.0 Å². The van der Waals surface area contributed by atoms with Gasteiger partial charge in [-0.05, 0) is 40.8 Å². The molecule has 0 unspecified atom stereocenters. The third-order valence-electron chi connectivity index (χ3n) is 1.89. The summed E-state index contributed by atoms with van der Waals surface area (Å²) in [5, 5.41) is 0.260. The second-order valence-electron chi connectivity index (χ2n) is 3.07. The summed E-state index contributed by atoms with van der Waals surface area (Å²) in [5.74, 6) is -0.171. The van der Waals surface area contributed by atoms with Crippen molar-refractivity contribution < 1.29 is 4.39 Å². The van der Waals surface area contributed by atoms with Gasteiger partial charge in [-0.25, -0.2) is 9.37 Å². The Balaban J connectivity index is 2.58. The summed E-state index contributed by atoms with van der Waals surface area (Å²) in [6, 6.07) is 3.99. The minimum Gasteiger partial charge on any atom is -0.306 e. The summed E-state index contributed by atoms with van der Waals surface area (Å²) in [5.41, 5.74) is 0.185. The molecule has 0 spiro atoms. The first kappa shape index (κ1) is 11.5. The van der Waals surface area contributed by atoms with Crippen LogP contribution in [-0.4, -0.2) is 9.97 Å². The van der Waals surface area contributed by atoms with Gasteiger partial charge >= 0.3 is 0 Å². The molecule has 1 N–H and O–H groups in total. The van der Waals surface area contributed by atoms with Gasteiger partial charge in [0.15, 0.2) is 0 Å². The molecule has 0 aliphatic carbocycles. The lowest BCUT2D eigenvalue weighted by Gasteiger charge is -2.01. The SMILES string of the molecule is O=c1[nH]c(-c2cc(F)cc(Cl)c2)ncc1I. The fourth-order valence-corrected chi connectivity index (χ4v) is 1.71. The smallest absolute Gasteiger partial charge is 0.264 e. The van der Waals surface area contributed by atoms with E-state index in [-0.39, 0.29) is 10.6 Å². The Morgan fingerprint density at radius 1 is 1.38 bits per heavy atom. The fraction of sp³-hybridized carbons (Fsp3) is 0. The first-order valence-corrected chi connectivity index (χ1v) is 5.73. The van der Waals surface area contributed by atoms with Gasteiger partial charge in [-0.1, -0.05) is 11.6 Å². The summed E-state index contributed by atoms with van der Waals surface area (Å²) in [6.45, 7) is 0. The van der Waals surface area contributed by atoms with Crippen LogP contribution < -0.4 is 5.56 Å². The highest BCUT2D eigenvalue weighted by atomic mass is 127. The van der Waals surface area contributed by atoms with Gasteiger partial charge < -0.3 is 4.98 Å². The molecule has 6 heteroatoms. The van der Waals surface area contributed by atoms with E-state index in [1.165, 1.54) is 24.4 Å². The predicted molar refractivity (Wildman–Crippen MR) is 68.0 cm³/mol. The third kappa shape index (κ3) is 2.41. The molecule has 1 aromatic carbocycles. The maximum atomic E-state index is 13.1. The zero-order valence-corrected chi connectivity index (χ0v) is 10.7. The van der Waals surface area contributed by atoms with Crippen LogP contribution >= 0.6 is 34.2 Å². The van der Waals surface area contributed by atoms with Crippen molar-refractivity contribution in [1.82, 2.24) is 9.97 Å². The molecule has 2 aromatic rings. The molecule has 16 heavy (non-hydrogen) atoms. The minimum absolute atomic E-state index is 0.258. The summed E-state index contributed by atoms with van der Waals surface area (Å²) in [4.78, 5) is 17.9. The molecule has 3 nitrogen and oxygen atoms in total. The fourth-order valence-electron chi connectivity index (χ4n) is 1.22. The van der Waals surface area contributed by atoms with E-state index in [4.69, 9.17) is 11.6 Å². The molecule has 0 amide bonds. The van der Waals surface area contributed by atoms with Crippen molar-refractivity contribution in [3.63, 3.8) is 0 Å². The van der Waals surface area contributed by atoms with Crippen LogP contribution in [0.1, 0.15) is 0 Å². The highest BCUT2D eigenvalue weighted by Crippen LogP contribution is 2.20. The lowest BCUT2D eigenvalue weighted by Crippen LogP contribution is -2.11. The zero-order chi connectivity index (χ0) is 11.7. The highest BCUT2D eigenvalue weighted by Gasteiger charge is 2.05. The molecular weight excluding hydrogens is 345 g/mol. The Morgan fingerprint density at radius 3 is 2.75 bits per heavy atom. The number of benzene rings is 1. The lowest BCUT2D eigenvalue weighted by atomic mass is 10.2. The predicted octanol–water partition coefficient (Wildman–Crippen LogP) is 2.83. The third-order valence-corrected chi connectivity index (χ3v) is 2.88. The summed E-state index contributed by atoms with van der Waals surface area (Å²) in [6.07, 6.45) is 1.42. The van der Waals surface area contributed by atoms with Crippen molar-refractivity contribution in [2.24, 2.45) is 0 Å². The van der Waals surface area contributed by atoms with Gasteiger partial charge in [0.1, 0.15) is 11.6 Å². The number of nitrogens with one attached hydrogen (secondary N) is 1. The van der Waals surface area contributed by atoms with Crippen LogP contribution in [0.15, 0.2) is 29.2 Å². The van der Waals surface area contributed by atoms with E-state index < -0.39 is 5.82 Å². The van der Waals surface area contributed by atoms with Crippen molar-refractivity contribution in [2.75, 3.05) is 0 Å². The molecule has 1 aromatic heterocycles. The van der Waals surface area contributed by atoms with Gasteiger partial charge in [-0.15, -0.1) is 0 Å². The molecule has 0 radical (unpaired) electrons. The van der Waals surface area contributed by atoms with Crippen molar-refractivity contribution in [3.8, 4) is 11.4 Å². The normalized spacial score (nSPS) is 10.4. The molecule has 2 rings (SSSR count). The number of aromatic amines is 1. The average Bonchev–Trinajstić information content (AvgIpc) is 2.20. The van der Waals surface area contributed by atoms with Crippen LogP contribution in [0.4, 0.5) is 4.39 Å². The first-order chi connectivity index (χ1) is 7.56. The Hall–Kier alpha value is -0.950. The molecule has 0 fully saturated rings. The molecule has 82 valence electrons. The maximum absolute atomic E-state index is 13.1. The standard InChI is InChI=1S/C10H5ClFIN2O/c11-6-1-5(2-7(12)3-6)9-14-4-8(13)10(16)15-9/h1-4H,(H,14,15,16). The molecule has 0 saturated heterocycles. The molecule has 0 saturated carbocycles. The van der Waals surface area contributed by atoms with Crippen molar-refractivity contribution >= 4 is 34.2 Å². The zero-order valence-electron chi connectivity index (χ0n) is 7.80. The van der Waals surface area contributed by atoms with Crippen molar-refractivity contribution in [1.29, 1.82) is 0 Å². The number of rotatable bonds is 1. The summed E-state index contributed by atoms with van der Waals surface area (Å²) in [7, 11) is 0. The molecule has 0 aliphatic rings. The quantitative estimate of drug-likeness (QED) is 0.804. The number of hydrogen-bond acceptors (Lipinski definition) is 2.